The van der Waals surface area contributed by atoms with Crippen LogP contribution < -0.4 is 5.73 Å². The minimum atomic E-state index is 0.538. The molecule has 1 nitrogen and oxygen atoms in total. The van der Waals surface area contributed by atoms with Crippen LogP contribution in [0.5, 0.6) is 0 Å². The maximum absolute atomic E-state index is 5.90. The second kappa shape index (κ2) is 6.19. The van der Waals surface area contributed by atoms with Crippen molar-refractivity contribution in [1.82, 2.24) is 0 Å². The predicted octanol–water partition coefficient (Wildman–Crippen LogP) is 4.52. The molecule has 0 fully saturated rings. The van der Waals surface area contributed by atoms with Crippen LogP contribution in [0.25, 0.3) is 0 Å². The van der Waals surface area contributed by atoms with Gasteiger partial charge in [0, 0.05) is 17.2 Å². The fourth-order valence-electron chi connectivity index (χ4n) is 1.17. The zero-order valence-corrected chi connectivity index (χ0v) is 11.1. The molecule has 0 bridgehead atoms. The van der Waals surface area contributed by atoms with Crippen molar-refractivity contribution < 1.29 is 0 Å². The smallest absolute Gasteiger partial charge is 0.0595 e. The van der Waals surface area contributed by atoms with E-state index in [0.717, 1.165) is 11.3 Å². The predicted molar refractivity (Wildman–Crippen MR) is 72.0 cm³/mol. The standard InChI is InChI=1S/C12H12Cl3N/c1-8(13)2-4-10(16)6-9-3-5-11(14)12(15)7-9/h2-5,7H,6,16H2,1H3/b8-2+,10-4-. The van der Waals surface area contributed by atoms with Gasteiger partial charge in [-0.1, -0.05) is 40.9 Å². The molecule has 86 valence electrons. The van der Waals surface area contributed by atoms with Gasteiger partial charge in [-0.05, 0) is 36.8 Å². The van der Waals surface area contributed by atoms with Crippen LogP contribution in [0.2, 0.25) is 10.0 Å². The van der Waals surface area contributed by atoms with Crippen LogP contribution in [0.15, 0.2) is 41.1 Å². The first-order valence-corrected chi connectivity index (χ1v) is 5.85. The molecule has 1 rings (SSSR count). The van der Waals surface area contributed by atoms with E-state index in [1.54, 1.807) is 25.1 Å². The first kappa shape index (κ1) is 13.4. The molecule has 0 radical (unpaired) electrons. The van der Waals surface area contributed by atoms with Crippen molar-refractivity contribution in [3.63, 3.8) is 0 Å². The van der Waals surface area contributed by atoms with Crippen molar-refractivity contribution in [1.29, 1.82) is 0 Å². The number of rotatable bonds is 3. The summed E-state index contributed by atoms with van der Waals surface area (Å²) in [4.78, 5) is 0. The molecule has 2 N–H and O–H groups in total. The largest absolute Gasteiger partial charge is 0.402 e. The molecule has 0 aliphatic heterocycles. The minimum absolute atomic E-state index is 0.538. The average Bonchev–Trinajstić information content (AvgIpc) is 2.21. The summed E-state index contributed by atoms with van der Waals surface area (Å²) in [7, 11) is 0. The van der Waals surface area contributed by atoms with Crippen molar-refractivity contribution in [3.8, 4) is 0 Å². The van der Waals surface area contributed by atoms with Gasteiger partial charge in [-0.2, -0.15) is 0 Å². The minimum Gasteiger partial charge on any atom is -0.402 e. The van der Waals surface area contributed by atoms with Gasteiger partial charge in [0.2, 0.25) is 0 Å². The molecule has 0 amide bonds. The van der Waals surface area contributed by atoms with Gasteiger partial charge in [0.1, 0.15) is 0 Å². The van der Waals surface area contributed by atoms with Gasteiger partial charge < -0.3 is 5.73 Å². The molecule has 0 aliphatic carbocycles. The van der Waals surface area contributed by atoms with E-state index in [1.165, 1.54) is 0 Å². The highest BCUT2D eigenvalue weighted by Gasteiger charge is 2.00. The van der Waals surface area contributed by atoms with Gasteiger partial charge in [-0.15, -0.1) is 0 Å². The van der Waals surface area contributed by atoms with E-state index in [2.05, 4.69) is 0 Å². The molecule has 0 aromatic heterocycles. The zero-order chi connectivity index (χ0) is 12.1. The molecule has 16 heavy (non-hydrogen) atoms. The number of nitrogens with two attached hydrogens (primary N) is 1. The van der Waals surface area contributed by atoms with Gasteiger partial charge in [-0.3, -0.25) is 0 Å². The van der Waals surface area contributed by atoms with Crippen LogP contribution in [0.1, 0.15) is 12.5 Å². The van der Waals surface area contributed by atoms with Crippen LogP contribution in [0.3, 0.4) is 0 Å². The third-order valence-electron chi connectivity index (χ3n) is 1.92. The quantitative estimate of drug-likeness (QED) is 0.807. The van der Waals surface area contributed by atoms with E-state index in [1.807, 2.05) is 12.1 Å². The van der Waals surface area contributed by atoms with Crippen molar-refractivity contribution in [2.45, 2.75) is 13.3 Å². The molecule has 0 saturated carbocycles. The number of halogens is 3. The fraction of sp³-hybridized carbons (Fsp3) is 0.167. The molecule has 0 heterocycles. The normalized spacial score (nSPS) is 13.0. The van der Waals surface area contributed by atoms with Gasteiger partial charge in [0.25, 0.3) is 0 Å². The summed E-state index contributed by atoms with van der Waals surface area (Å²) in [5.41, 5.74) is 7.56. The molecule has 1 aromatic rings. The summed E-state index contributed by atoms with van der Waals surface area (Å²) in [5, 5.41) is 1.78. The SMILES string of the molecule is C/C(Cl)=C\C=C(/N)Cc1ccc(Cl)c(Cl)c1. The van der Waals surface area contributed by atoms with Crippen LogP contribution in [-0.2, 0) is 6.42 Å². The van der Waals surface area contributed by atoms with E-state index in [-0.39, 0.29) is 0 Å². The van der Waals surface area contributed by atoms with E-state index in [4.69, 9.17) is 40.5 Å². The first-order chi connectivity index (χ1) is 7.49. The van der Waals surface area contributed by atoms with Gasteiger partial charge in [0.05, 0.1) is 10.0 Å². The maximum atomic E-state index is 5.90. The van der Waals surface area contributed by atoms with Crippen molar-refractivity contribution in [2.75, 3.05) is 0 Å². The lowest BCUT2D eigenvalue weighted by atomic mass is 10.1. The summed E-state index contributed by atoms with van der Waals surface area (Å²) in [6.45, 7) is 1.80. The van der Waals surface area contributed by atoms with Gasteiger partial charge in [-0.25, -0.2) is 0 Å². The number of hydrogen-bond acceptors (Lipinski definition) is 1. The highest BCUT2D eigenvalue weighted by atomic mass is 35.5. The number of benzene rings is 1. The Bertz CT molecular complexity index is 432. The lowest BCUT2D eigenvalue weighted by Crippen LogP contribution is -2.00. The zero-order valence-electron chi connectivity index (χ0n) is 8.81. The molecular formula is C12H12Cl3N. The molecule has 0 saturated heterocycles. The maximum Gasteiger partial charge on any atom is 0.0595 e. The Morgan fingerprint density at radius 1 is 1.25 bits per heavy atom. The number of allylic oxidation sites excluding steroid dienone is 4. The Morgan fingerprint density at radius 3 is 2.50 bits per heavy atom. The van der Waals surface area contributed by atoms with Gasteiger partial charge in [0.15, 0.2) is 0 Å². The Hall–Kier alpha value is -0.630. The van der Waals surface area contributed by atoms with Crippen LogP contribution >= 0.6 is 34.8 Å². The van der Waals surface area contributed by atoms with Crippen molar-refractivity contribution in [3.05, 3.63) is 56.7 Å². The molecule has 0 spiro atoms. The lowest BCUT2D eigenvalue weighted by Gasteiger charge is -2.03. The third kappa shape index (κ3) is 4.48. The van der Waals surface area contributed by atoms with Crippen LogP contribution in [0.4, 0.5) is 0 Å². The molecule has 0 atom stereocenters. The molecule has 0 aliphatic rings. The van der Waals surface area contributed by atoms with Crippen molar-refractivity contribution in [2.24, 2.45) is 5.73 Å². The van der Waals surface area contributed by atoms with E-state index in [0.29, 0.717) is 21.5 Å². The van der Waals surface area contributed by atoms with Gasteiger partial charge >= 0.3 is 0 Å². The fourth-order valence-corrected chi connectivity index (χ4v) is 1.55. The van der Waals surface area contributed by atoms with E-state index in [9.17, 15) is 0 Å². The van der Waals surface area contributed by atoms with Crippen LogP contribution in [-0.4, -0.2) is 0 Å². The lowest BCUT2D eigenvalue weighted by molar-refractivity contribution is 1.11. The highest BCUT2D eigenvalue weighted by Crippen LogP contribution is 2.23. The molecule has 0 unspecified atom stereocenters. The Morgan fingerprint density at radius 2 is 1.94 bits per heavy atom. The average molecular weight is 277 g/mol. The topological polar surface area (TPSA) is 26.0 Å². The van der Waals surface area contributed by atoms with Crippen LogP contribution in [0, 0.1) is 0 Å². The van der Waals surface area contributed by atoms with E-state index >= 15 is 0 Å². The third-order valence-corrected chi connectivity index (χ3v) is 2.78. The monoisotopic (exact) mass is 275 g/mol. The Labute approximate surface area is 110 Å². The summed E-state index contributed by atoms with van der Waals surface area (Å²) in [5.74, 6) is 0. The van der Waals surface area contributed by atoms with Crippen molar-refractivity contribution >= 4 is 34.8 Å². The van der Waals surface area contributed by atoms with E-state index < -0.39 is 0 Å². The highest BCUT2D eigenvalue weighted by molar-refractivity contribution is 6.42. The molecule has 4 heteroatoms. The summed E-state index contributed by atoms with van der Waals surface area (Å²) in [6, 6.07) is 5.46. The second-order valence-electron chi connectivity index (χ2n) is 3.42. The number of hydrogen-bond donors (Lipinski definition) is 1. The first-order valence-electron chi connectivity index (χ1n) is 4.71. The molecule has 1 aromatic carbocycles. The molecular weight excluding hydrogens is 264 g/mol. The summed E-state index contributed by atoms with van der Waals surface area (Å²) < 4.78 is 0. The summed E-state index contributed by atoms with van der Waals surface area (Å²) >= 11 is 17.4. The Balaban J connectivity index is 2.77. The Kier molecular flexibility index (Phi) is 5.20. The summed E-state index contributed by atoms with van der Waals surface area (Å²) in [6.07, 6.45) is 4.16. The second-order valence-corrected chi connectivity index (χ2v) is 4.83.